The summed E-state index contributed by atoms with van der Waals surface area (Å²) in [6.07, 6.45) is 1.26. The van der Waals surface area contributed by atoms with Crippen molar-refractivity contribution in [3.8, 4) is 0 Å². The monoisotopic (exact) mass is 374 g/mol. The Hall–Kier alpha value is -3.10. The van der Waals surface area contributed by atoms with Crippen LogP contribution in [0.4, 0.5) is 9.59 Å². The van der Waals surface area contributed by atoms with Gasteiger partial charge in [0.15, 0.2) is 0 Å². The van der Waals surface area contributed by atoms with Gasteiger partial charge in [-0.25, -0.2) is 9.59 Å². The number of piperidine rings is 1. The summed E-state index contributed by atoms with van der Waals surface area (Å²) in [7, 11) is 0. The number of rotatable bonds is 4. The minimum Gasteiger partial charge on any atom is -0.481 e. The molecule has 144 valence electrons. The highest BCUT2D eigenvalue weighted by Crippen LogP contribution is 2.24. The van der Waals surface area contributed by atoms with Crippen LogP contribution < -0.4 is 16.0 Å². The lowest BCUT2D eigenvalue weighted by molar-refractivity contribution is -0.143. The number of carbonyl (C=O) groups excluding carboxylic acids is 3. The molecule has 0 radical (unpaired) electrons. The number of carboxylic acid groups (broad SMARTS) is 1. The zero-order chi connectivity index (χ0) is 19.6. The van der Waals surface area contributed by atoms with E-state index in [9.17, 15) is 19.2 Å². The maximum atomic E-state index is 12.3. The second kappa shape index (κ2) is 7.26. The number of nitrogens with zero attached hydrogens (tertiary/aromatic N) is 1. The van der Waals surface area contributed by atoms with Crippen molar-refractivity contribution in [2.45, 2.75) is 31.8 Å². The van der Waals surface area contributed by atoms with Crippen LogP contribution in [0.15, 0.2) is 24.3 Å². The molecule has 1 aromatic rings. The van der Waals surface area contributed by atoms with E-state index in [0.717, 1.165) is 5.56 Å². The van der Waals surface area contributed by atoms with Gasteiger partial charge in [-0.05, 0) is 30.9 Å². The fourth-order valence-electron chi connectivity index (χ4n) is 3.36. The van der Waals surface area contributed by atoms with E-state index in [0.29, 0.717) is 24.9 Å². The van der Waals surface area contributed by atoms with Crippen LogP contribution in [0.3, 0.4) is 0 Å². The van der Waals surface area contributed by atoms with E-state index >= 15 is 0 Å². The van der Waals surface area contributed by atoms with Crippen molar-refractivity contribution in [3.05, 3.63) is 35.4 Å². The van der Waals surface area contributed by atoms with Gasteiger partial charge < -0.3 is 20.6 Å². The molecule has 5 amide bonds. The lowest BCUT2D eigenvalue weighted by Crippen LogP contribution is -2.46. The van der Waals surface area contributed by atoms with Gasteiger partial charge in [-0.3, -0.25) is 14.9 Å². The Kier molecular flexibility index (Phi) is 5.02. The second-order valence-corrected chi connectivity index (χ2v) is 7.01. The number of benzene rings is 1. The van der Waals surface area contributed by atoms with Crippen molar-refractivity contribution in [1.82, 2.24) is 20.9 Å². The molecular weight excluding hydrogens is 352 g/mol. The summed E-state index contributed by atoms with van der Waals surface area (Å²) in [4.78, 5) is 48.2. The first-order valence-corrected chi connectivity index (χ1v) is 8.78. The molecule has 2 aliphatic rings. The topological polar surface area (TPSA) is 128 Å². The van der Waals surface area contributed by atoms with E-state index in [4.69, 9.17) is 5.11 Å². The highest BCUT2D eigenvalue weighted by atomic mass is 16.4. The molecule has 2 heterocycles. The van der Waals surface area contributed by atoms with Gasteiger partial charge in [0.2, 0.25) is 0 Å². The molecule has 27 heavy (non-hydrogen) atoms. The number of hydrogen-bond donors (Lipinski definition) is 4. The Labute approximate surface area is 156 Å². The quantitative estimate of drug-likeness (QED) is 0.578. The first-order valence-electron chi connectivity index (χ1n) is 8.78. The van der Waals surface area contributed by atoms with E-state index in [2.05, 4.69) is 16.0 Å². The number of urea groups is 2. The average molecular weight is 374 g/mol. The van der Waals surface area contributed by atoms with Crippen LogP contribution >= 0.6 is 0 Å². The molecule has 0 spiro atoms. The minimum absolute atomic E-state index is 0.216. The molecule has 2 aliphatic heterocycles. The van der Waals surface area contributed by atoms with Crippen LogP contribution in [0.25, 0.3) is 0 Å². The van der Waals surface area contributed by atoms with Gasteiger partial charge in [-0.1, -0.05) is 24.3 Å². The second-order valence-electron chi connectivity index (χ2n) is 7.01. The van der Waals surface area contributed by atoms with Gasteiger partial charge in [0, 0.05) is 19.6 Å². The average Bonchev–Trinajstić information content (AvgIpc) is 2.93. The van der Waals surface area contributed by atoms with Crippen LogP contribution in [0.2, 0.25) is 0 Å². The van der Waals surface area contributed by atoms with E-state index in [1.807, 2.05) is 0 Å². The maximum absolute atomic E-state index is 12.3. The number of imide groups is 1. The van der Waals surface area contributed by atoms with Crippen molar-refractivity contribution in [1.29, 1.82) is 0 Å². The predicted molar refractivity (Wildman–Crippen MR) is 94.6 cm³/mol. The Bertz CT molecular complexity index is 778. The smallest absolute Gasteiger partial charge is 0.322 e. The molecule has 1 aromatic carbocycles. The van der Waals surface area contributed by atoms with Crippen LogP contribution in [0.1, 0.15) is 30.9 Å². The molecule has 4 N–H and O–H groups in total. The Morgan fingerprint density at radius 2 is 2.00 bits per heavy atom. The molecule has 0 aliphatic carbocycles. The van der Waals surface area contributed by atoms with Crippen molar-refractivity contribution in [3.63, 3.8) is 0 Å². The van der Waals surface area contributed by atoms with Gasteiger partial charge in [-0.15, -0.1) is 0 Å². The molecule has 9 nitrogen and oxygen atoms in total. The van der Waals surface area contributed by atoms with Crippen LogP contribution in [0, 0.1) is 5.92 Å². The SMILES string of the molecule is CC1(c2ccc(CNC(=O)N3CCCC(C(=O)O)C3)cc2)NC(=O)NC1=O. The number of likely N-dealkylation sites (tertiary alicyclic amines) is 1. The number of nitrogens with one attached hydrogen (secondary N) is 3. The Balaban J connectivity index is 1.57. The van der Waals surface area contributed by atoms with Crippen molar-refractivity contribution in [2.75, 3.05) is 13.1 Å². The number of hydrogen-bond acceptors (Lipinski definition) is 4. The number of carbonyl (C=O) groups is 4. The first kappa shape index (κ1) is 18.7. The van der Waals surface area contributed by atoms with E-state index < -0.39 is 29.4 Å². The molecular formula is C18H22N4O5. The lowest BCUT2D eigenvalue weighted by Gasteiger charge is -2.30. The predicted octanol–water partition coefficient (Wildman–Crippen LogP) is 0.747. The molecule has 2 saturated heterocycles. The highest BCUT2D eigenvalue weighted by molar-refractivity contribution is 6.07. The van der Waals surface area contributed by atoms with Crippen LogP contribution in [0.5, 0.6) is 0 Å². The normalized spacial score (nSPS) is 24.9. The van der Waals surface area contributed by atoms with Gasteiger partial charge in [0.25, 0.3) is 5.91 Å². The van der Waals surface area contributed by atoms with Crippen LogP contribution in [-0.2, 0) is 21.7 Å². The number of aliphatic carboxylic acids is 1. The largest absolute Gasteiger partial charge is 0.481 e. The first-order chi connectivity index (χ1) is 12.8. The van der Waals surface area contributed by atoms with Crippen LogP contribution in [-0.4, -0.2) is 47.0 Å². The molecule has 9 heteroatoms. The fraction of sp³-hybridized carbons (Fsp3) is 0.444. The molecule has 2 fully saturated rings. The third-order valence-electron chi connectivity index (χ3n) is 5.08. The molecule has 0 bridgehead atoms. The third-order valence-corrected chi connectivity index (χ3v) is 5.08. The Morgan fingerprint density at radius 3 is 2.59 bits per heavy atom. The highest BCUT2D eigenvalue weighted by Gasteiger charge is 2.43. The van der Waals surface area contributed by atoms with Crippen molar-refractivity contribution in [2.24, 2.45) is 5.92 Å². The molecule has 0 saturated carbocycles. The van der Waals surface area contributed by atoms with Crippen molar-refractivity contribution >= 4 is 23.9 Å². The summed E-state index contributed by atoms with van der Waals surface area (Å²) in [5.74, 6) is -1.80. The maximum Gasteiger partial charge on any atom is 0.322 e. The summed E-state index contributed by atoms with van der Waals surface area (Å²) in [5, 5.41) is 16.7. The Morgan fingerprint density at radius 1 is 1.30 bits per heavy atom. The molecule has 3 rings (SSSR count). The lowest BCUT2D eigenvalue weighted by atomic mass is 9.91. The standard InChI is InChI=1S/C18H22N4O5/c1-18(15(25)20-16(26)21-18)13-6-4-11(5-7-13)9-19-17(27)22-8-2-3-12(10-22)14(23)24/h4-7,12H,2-3,8-10H2,1H3,(H,19,27)(H,23,24)(H2,20,21,25,26). The molecule has 0 aromatic heterocycles. The van der Waals surface area contributed by atoms with E-state index in [1.54, 1.807) is 31.2 Å². The van der Waals surface area contributed by atoms with E-state index in [1.165, 1.54) is 4.90 Å². The summed E-state index contributed by atoms with van der Waals surface area (Å²) in [6.45, 7) is 2.66. The van der Waals surface area contributed by atoms with Gasteiger partial charge in [0.05, 0.1) is 5.92 Å². The minimum atomic E-state index is -1.11. The van der Waals surface area contributed by atoms with Gasteiger partial charge in [0.1, 0.15) is 5.54 Å². The van der Waals surface area contributed by atoms with Gasteiger partial charge in [-0.2, -0.15) is 0 Å². The summed E-state index contributed by atoms with van der Waals surface area (Å²) < 4.78 is 0. The number of carboxylic acids is 1. The van der Waals surface area contributed by atoms with Crippen molar-refractivity contribution < 1.29 is 24.3 Å². The zero-order valence-electron chi connectivity index (χ0n) is 14.9. The number of amides is 5. The third kappa shape index (κ3) is 3.86. The van der Waals surface area contributed by atoms with Gasteiger partial charge >= 0.3 is 18.0 Å². The molecule has 2 unspecified atom stereocenters. The summed E-state index contributed by atoms with van der Waals surface area (Å²) in [6, 6.07) is 6.19. The zero-order valence-corrected chi connectivity index (χ0v) is 14.9. The summed E-state index contributed by atoms with van der Waals surface area (Å²) >= 11 is 0. The summed E-state index contributed by atoms with van der Waals surface area (Å²) in [5.41, 5.74) is 0.354. The fourth-order valence-corrected chi connectivity index (χ4v) is 3.36. The van der Waals surface area contributed by atoms with E-state index in [-0.39, 0.29) is 19.1 Å². The molecule has 2 atom stereocenters.